The van der Waals surface area contributed by atoms with Crippen LogP contribution in [0.25, 0.3) is 0 Å². The van der Waals surface area contributed by atoms with Crippen molar-refractivity contribution < 1.29 is 22.4 Å². The maximum Gasteiger partial charge on any atom is 0.229 e. The molecule has 2 nitrogen and oxygen atoms in total. The van der Waals surface area contributed by atoms with Gasteiger partial charge in [0.15, 0.2) is 23.3 Å². The van der Waals surface area contributed by atoms with Gasteiger partial charge in [-0.25, -0.2) is 17.6 Å². The maximum atomic E-state index is 13.5. The maximum absolute atomic E-state index is 13.5. The predicted molar refractivity (Wildman–Crippen MR) is 70.6 cm³/mol. The summed E-state index contributed by atoms with van der Waals surface area (Å²) in [7, 11) is 0. The van der Waals surface area contributed by atoms with Crippen LogP contribution >= 0.6 is 27.3 Å². The van der Waals surface area contributed by atoms with Crippen molar-refractivity contribution in [2.75, 3.05) is 5.32 Å². The predicted octanol–water partition coefficient (Wildman–Crippen LogP) is 4.25. The van der Waals surface area contributed by atoms with E-state index in [0.717, 1.165) is 0 Å². The summed E-state index contributed by atoms with van der Waals surface area (Å²) in [5.41, 5.74) is -1.13. The van der Waals surface area contributed by atoms with Crippen molar-refractivity contribution in [3.8, 4) is 0 Å². The molecule has 0 radical (unpaired) electrons. The van der Waals surface area contributed by atoms with Crippen molar-refractivity contribution in [2.24, 2.45) is 0 Å². The normalized spacial score (nSPS) is 10.7. The summed E-state index contributed by atoms with van der Waals surface area (Å²) >= 11 is 3.66. The molecule has 0 unspecified atom stereocenters. The average molecular weight is 368 g/mol. The van der Waals surface area contributed by atoms with E-state index in [9.17, 15) is 22.4 Å². The standard InChI is InChI=1S/C12H6BrF4NOS/c13-7-8(14)10(16)12(11(17)9(7)15)18-6(19)4-5-2-1-3-20-5/h1-3H,4H2,(H,18,19). The first-order valence-corrected chi connectivity index (χ1v) is 6.92. The first-order chi connectivity index (χ1) is 9.41. The Morgan fingerprint density at radius 3 is 2.25 bits per heavy atom. The molecule has 0 bridgehead atoms. The van der Waals surface area contributed by atoms with Crippen molar-refractivity contribution in [3.05, 3.63) is 50.1 Å². The Bertz CT molecular complexity index is 631. The lowest BCUT2D eigenvalue weighted by atomic mass is 10.2. The molecule has 1 aromatic carbocycles. The van der Waals surface area contributed by atoms with Crippen molar-refractivity contribution in [1.29, 1.82) is 0 Å². The molecule has 20 heavy (non-hydrogen) atoms. The number of benzene rings is 1. The van der Waals surface area contributed by atoms with Gasteiger partial charge < -0.3 is 5.32 Å². The Balaban J connectivity index is 2.27. The molecule has 0 aliphatic rings. The highest BCUT2D eigenvalue weighted by atomic mass is 79.9. The number of halogens is 5. The fourth-order valence-electron chi connectivity index (χ4n) is 1.47. The molecule has 0 saturated heterocycles. The van der Waals surface area contributed by atoms with Crippen molar-refractivity contribution >= 4 is 38.9 Å². The van der Waals surface area contributed by atoms with Crippen LogP contribution in [0.1, 0.15) is 4.88 Å². The van der Waals surface area contributed by atoms with Crippen LogP contribution in [0, 0.1) is 23.3 Å². The third kappa shape index (κ3) is 2.85. The number of anilines is 1. The second kappa shape index (κ2) is 5.92. The third-order valence-electron chi connectivity index (χ3n) is 2.39. The summed E-state index contributed by atoms with van der Waals surface area (Å²) in [6, 6.07) is 3.35. The number of carbonyl (C=O) groups excluding carboxylic acids is 1. The van der Waals surface area contributed by atoms with Crippen molar-refractivity contribution in [2.45, 2.75) is 6.42 Å². The van der Waals surface area contributed by atoms with Gasteiger partial charge in [0, 0.05) is 4.88 Å². The number of rotatable bonds is 3. The van der Waals surface area contributed by atoms with Gasteiger partial charge in [-0.15, -0.1) is 11.3 Å². The molecule has 2 rings (SSSR count). The van der Waals surface area contributed by atoms with Gasteiger partial charge in [0.2, 0.25) is 5.91 Å². The summed E-state index contributed by atoms with van der Waals surface area (Å²) in [6.45, 7) is 0. The molecule has 0 fully saturated rings. The number of hydrogen-bond donors (Lipinski definition) is 1. The average Bonchev–Trinajstić information content (AvgIpc) is 2.92. The van der Waals surface area contributed by atoms with Crippen molar-refractivity contribution in [1.82, 2.24) is 0 Å². The lowest BCUT2D eigenvalue weighted by Gasteiger charge is -2.10. The van der Waals surface area contributed by atoms with Crippen LogP contribution < -0.4 is 5.32 Å². The van der Waals surface area contributed by atoms with Crippen LogP contribution in [0.2, 0.25) is 0 Å². The molecular weight excluding hydrogens is 362 g/mol. The molecule has 0 atom stereocenters. The van der Waals surface area contributed by atoms with Crippen molar-refractivity contribution in [3.63, 3.8) is 0 Å². The molecule has 106 valence electrons. The third-order valence-corrected chi connectivity index (χ3v) is 3.96. The summed E-state index contributed by atoms with van der Waals surface area (Å²) in [5.74, 6) is -7.29. The molecule has 1 heterocycles. The van der Waals surface area contributed by atoms with Gasteiger partial charge in [-0.2, -0.15) is 0 Å². The zero-order valence-electron chi connectivity index (χ0n) is 9.65. The van der Waals surface area contributed by atoms with Crippen LogP contribution in [-0.2, 0) is 11.2 Å². The highest BCUT2D eigenvalue weighted by Gasteiger charge is 2.25. The monoisotopic (exact) mass is 367 g/mol. The second-order valence-electron chi connectivity index (χ2n) is 3.75. The smallest absolute Gasteiger partial charge is 0.229 e. The van der Waals surface area contributed by atoms with Gasteiger partial charge in [-0.3, -0.25) is 4.79 Å². The summed E-state index contributed by atoms with van der Waals surface area (Å²) in [6.07, 6.45) is -0.143. The minimum absolute atomic E-state index is 0.143. The van der Waals surface area contributed by atoms with Crippen LogP contribution in [-0.4, -0.2) is 5.91 Å². The molecule has 0 aliphatic heterocycles. The molecule has 2 aromatic rings. The van der Waals surface area contributed by atoms with E-state index in [4.69, 9.17) is 0 Å². The number of carbonyl (C=O) groups is 1. The van der Waals surface area contributed by atoms with E-state index in [1.807, 2.05) is 5.32 Å². The second-order valence-corrected chi connectivity index (χ2v) is 5.57. The topological polar surface area (TPSA) is 29.1 Å². The van der Waals surface area contributed by atoms with Gasteiger partial charge in [-0.05, 0) is 27.4 Å². The van der Waals surface area contributed by atoms with E-state index >= 15 is 0 Å². The fraction of sp³-hybridized carbons (Fsp3) is 0.0833. The van der Waals surface area contributed by atoms with Gasteiger partial charge in [-0.1, -0.05) is 6.07 Å². The Kier molecular flexibility index (Phi) is 4.44. The Morgan fingerprint density at radius 2 is 1.75 bits per heavy atom. The highest BCUT2D eigenvalue weighted by Crippen LogP contribution is 2.31. The van der Waals surface area contributed by atoms with E-state index in [-0.39, 0.29) is 6.42 Å². The van der Waals surface area contributed by atoms with Crippen LogP contribution in [0.3, 0.4) is 0 Å². The lowest BCUT2D eigenvalue weighted by Crippen LogP contribution is -2.17. The molecule has 8 heteroatoms. The molecule has 0 saturated carbocycles. The molecule has 0 spiro atoms. The SMILES string of the molecule is O=C(Cc1cccs1)Nc1c(F)c(F)c(Br)c(F)c1F. The summed E-state index contributed by atoms with van der Waals surface area (Å²) in [4.78, 5) is 12.3. The zero-order chi connectivity index (χ0) is 14.9. The van der Waals surface area contributed by atoms with Crippen LogP contribution in [0.15, 0.2) is 22.0 Å². The van der Waals surface area contributed by atoms with Gasteiger partial charge in [0.25, 0.3) is 0 Å². The molecular formula is C12H6BrF4NOS. The molecule has 0 aliphatic carbocycles. The van der Waals surface area contributed by atoms with E-state index in [1.165, 1.54) is 11.3 Å². The number of thiophene rings is 1. The molecule has 1 amide bonds. The lowest BCUT2D eigenvalue weighted by molar-refractivity contribution is -0.115. The highest BCUT2D eigenvalue weighted by molar-refractivity contribution is 9.10. The Hall–Kier alpha value is -1.41. The van der Waals surface area contributed by atoms with Gasteiger partial charge >= 0.3 is 0 Å². The minimum atomic E-state index is -1.66. The fourth-order valence-corrected chi connectivity index (χ4v) is 2.52. The summed E-state index contributed by atoms with van der Waals surface area (Å²) in [5, 5.41) is 3.57. The Morgan fingerprint density at radius 1 is 1.15 bits per heavy atom. The Labute approximate surface area is 123 Å². The zero-order valence-corrected chi connectivity index (χ0v) is 12.0. The first-order valence-electron chi connectivity index (χ1n) is 5.25. The van der Waals surface area contributed by atoms with E-state index < -0.39 is 39.3 Å². The van der Waals surface area contributed by atoms with Crippen LogP contribution in [0.5, 0.6) is 0 Å². The first kappa shape index (κ1) is 15.0. The largest absolute Gasteiger partial charge is 0.321 e. The van der Waals surface area contributed by atoms with Gasteiger partial charge in [0.05, 0.1) is 10.9 Å². The van der Waals surface area contributed by atoms with E-state index in [0.29, 0.717) is 4.88 Å². The number of amides is 1. The minimum Gasteiger partial charge on any atom is -0.321 e. The van der Waals surface area contributed by atoms with Gasteiger partial charge in [0.1, 0.15) is 5.69 Å². The molecule has 1 aromatic heterocycles. The summed E-state index contributed by atoms with van der Waals surface area (Å²) < 4.78 is 52.6. The molecule has 1 N–H and O–H groups in total. The van der Waals surface area contributed by atoms with E-state index in [1.54, 1.807) is 17.5 Å². The quantitative estimate of drug-likeness (QED) is 0.490. The van der Waals surface area contributed by atoms with Crippen LogP contribution in [0.4, 0.5) is 23.2 Å². The number of nitrogens with one attached hydrogen (secondary N) is 1. The number of hydrogen-bond acceptors (Lipinski definition) is 2. The van der Waals surface area contributed by atoms with E-state index in [2.05, 4.69) is 15.9 Å².